The van der Waals surface area contributed by atoms with E-state index in [4.69, 9.17) is 9.47 Å². The van der Waals surface area contributed by atoms with Crippen molar-refractivity contribution in [2.45, 2.75) is 57.8 Å². The van der Waals surface area contributed by atoms with Crippen molar-refractivity contribution in [3.63, 3.8) is 0 Å². The van der Waals surface area contributed by atoms with Crippen LogP contribution in [0.25, 0.3) is 0 Å². The third kappa shape index (κ3) is 2.80. The summed E-state index contributed by atoms with van der Waals surface area (Å²) in [5.74, 6) is -0.655. The van der Waals surface area contributed by atoms with Crippen molar-refractivity contribution in [1.82, 2.24) is 5.32 Å². The molecule has 0 aromatic rings. The fraction of sp³-hybridized carbons (Fsp3) is 0.923. The van der Waals surface area contributed by atoms with Gasteiger partial charge in [0.2, 0.25) is 0 Å². The summed E-state index contributed by atoms with van der Waals surface area (Å²) in [6.45, 7) is 5.79. The van der Waals surface area contributed by atoms with Crippen LogP contribution in [0, 0.1) is 5.92 Å². The van der Waals surface area contributed by atoms with E-state index < -0.39 is 5.79 Å². The van der Waals surface area contributed by atoms with Crippen molar-refractivity contribution >= 4 is 5.97 Å². The Labute approximate surface area is 103 Å². The number of unbranched alkanes of at least 4 members (excludes halogenated alkanes) is 1. The van der Waals surface area contributed by atoms with Crippen molar-refractivity contribution in [2.75, 3.05) is 13.1 Å². The van der Waals surface area contributed by atoms with Crippen molar-refractivity contribution in [2.24, 2.45) is 5.92 Å². The van der Waals surface area contributed by atoms with Crippen molar-refractivity contribution in [3.8, 4) is 0 Å². The van der Waals surface area contributed by atoms with Gasteiger partial charge in [0.05, 0.1) is 12.5 Å². The highest BCUT2D eigenvalue weighted by Gasteiger charge is 2.61. The summed E-state index contributed by atoms with van der Waals surface area (Å²) in [6.07, 6.45) is 5.07. The van der Waals surface area contributed by atoms with Crippen LogP contribution in [-0.4, -0.2) is 30.9 Å². The normalized spacial score (nSPS) is 32.7. The largest absolute Gasteiger partial charge is 0.428 e. The van der Waals surface area contributed by atoms with Gasteiger partial charge in [-0.25, -0.2) is 0 Å². The van der Waals surface area contributed by atoms with E-state index in [0.29, 0.717) is 6.54 Å². The Bertz CT molecular complexity index is 282. The third-order valence-corrected chi connectivity index (χ3v) is 3.74. The van der Waals surface area contributed by atoms with Gasteiger partial charge in [-0.15, -0.1) is 0 Å². The zero-order valence-electron chi connectivity index (χ0n) is 10.8. The molecule has 0 aliphatic carbocycles. The highest BCUT2D eigenvalue weighted by atomic mass is 16.8. The minimum Gasteiger partial charge on any atom is -0.428 e. The van der Waals surface area contributed by atoms with E-state index in [1.54, 1.807) is 0 Å². The molecule has 2 heterocycles. The summed E-state index contributed by atoms with van der Waals surface area (Å²) in [6, 6.07) is 0. The van der Waals surface area contributed by atoms with Gasteiger partial charge in [-0.05, 0) is 25.8 Å². The molecule has 2 saturated heterocycles. The van der Waals surface area contributed by atoms with Crippen LogP contribution in [0.4, 0.5) is 0 Å². The monoisotopic (exact) mass is 241 g/mol. The van der Waals surface area contributed by atoms with E-state index >= 15 is 0 Å². The summed E-state index contributed by atoms with van der Waals surface area (Å²) in [7, 11) is 0. The number of ether oxygens (including phenoxy) is 2. The fourth-order valence-corrected chi connectivity index (χ4v) is 2.46. The van der Waals surface area contributed by atoms with E-state index in [1.165, 1.54) is 0 Å². The molecular weight excluding hydrogens is 218 g/mol. The summed E-state index contributed by atoms with van der Waals surface area (Å²) in [5, 5.41) is 3.22. The predicted octanol–water partition coefficient (Wildman–Crippen LogP) is 1.83. The molecule has 17 heavy (non-hydrogen) atoms. The minimum atomic E-state index is -0.616. The van der Waals surface area contributed by atoms with Crippen LogP contribution in [0.5, 0.6) is 0 Å². The topological polar surface area (TPSA) is 50.9 Å². The zero-order valence-corrected chi connectivity index (χ0v) is 10.8. The summed E-state index contributed by atoms with van der Waals surface area (Å²) < 4.78 is 11.1. The number of hydrogen-bond donors (Lipinski definition) is 1. The van der Waals surface area contributed by atoms with E-state index in [2.05, 4.69) is 12.2 Å². The first-order valence-electron chi connectivity index (χ1n) is 6.83. The van der Waals surface area contributed by atoms with Gasteiger partial charge in [-0.3, -0.25) is 4.79 Å². The number of piperidine rings is 1. The molecule has 0 saturated carbocycles. The molecule has 4 heteroatoms. The highest BCUT2D eigenvalue weighted by molar-refractivity contribution is 5.73. The molecule has 0 bridgehead atoms. The summed E-state index contributed by atoms with van der Waals surface area (Å²) in [4.78, 5) is 12.1. The standard InChI is InChI=1S/C13H23NO3/c1-3-5-6-10(4-2)12(15)17-13-9-14-8-7-11(13)16-13/h10-11,14H,3-9H2,1-2H3. The Morgan fingerprint density at radius 1 is 1.59 bits per heavy atom. The lowest BCUT2D eigenvalue weighted by atomic mass is 9.99. The first-order valence-corrected chi connectivity index (χ1v) is 6.83. The number of nitrogens with one attached hydrogen (secondary N) is 1. The van der Waals surface area contributed by atoms with Gasteiger partial charge in [0.15, 0.2) is 0 Å². The smallest absolute Gasteiger partial charge is 0.311 e. The van der Waals surface area contributed by atoms with E-state index in [0.717, 1.165) is 38.6 Å². The van der Waals surface area contributed by atoms with Crippen LogP contribution in [0.15, 0.2) is 0 Å². The molecule has 2 fully saturated rings. The molecule has 0 aromatic carbocycles. The molecule has 98 valence electrons. The molecule has 2 aliphatic heterocycles. The number of hydrogen-bond acceptors (Lipinski definition) is 4. The second-order valence-electron chi connectivity index (χ2n) is 5.05. The number of carbonyl (C=O) groups excluding carboxylic acids is 1. The molecule has 0 aromatic heterocycles. The van der Waals surface area contributed by atoms with Crippen molar-refractivity contribution in [1.29, 1.82) is 0 Å². The second-order valence-corrected chi connectivity index (χ2v) is 5.05. The van der Waals surface area contributed by atoms with Crippen LogP contribution in [0.2, 0.25) is 0 Å². The maximum absolute atomic E-state index is 12.1. The molecule has 2 rings (SSSR count). The Hall–Kier alpha value is -0.610. The fourth-order valence-electron chi connectivity index (χ4n) is 2.46. The first kappa shape index (κ1) is 12.8. The average Bonchev–Trinajstić information content (AvgIpc) is 3.03. The molecule has 3 atom stereocenters. The quantitative estimate of drug-likeness (QED) is 0.569. The number of carbonyl (C=O) groups is 1. The number of esters is 1. The van der Waals surface area contributed by atoms with Gasteiger partial charge in [0, 0.05) is 0 Å². The lowest BCUT2D eigenvalue weighted by Gasteiger charge is -2.21. The molecule has 2 aliphatic rings. The molecule has 1 N–H and O–H groups in total. The molecule has 4 nitrogen and oxygen atoms in total. The predicted molar refractivity (Wildman–Crippen MR) is 64.5 cm³/mol. The van der Waals surface area contributed by atoms with E-state index in [1.807, 2.05) is 6.92 Å². The van der Waals surface area contributed by atoms with Crippen molar-refractivity contribution in [3.05, 3.63) is 0 Å². The zero-order chi connectivity index (χ0) is 12.3. The van der Waals surface area contributed by atoms with Gasteiger partial charge in [-0.1, -0.05) is 26.7 Å². The Morgan fingerprint density at radius 2 is 2.41 bits per heavy atom. The van der Waals surface area contributed by atoms with Crippen LogP contribution < -0.4 is 5.32 Å². The van der Waals surface area contributed by atoms with Gasteiger partial charge in [0.25, 0.3) is 5.79 Å². The number of epoxide rings is 1. The second kappa shape index (κ2) is 5.36. The molecule has 0 radical (unpaired) electrons. The molecule has 3 unspecified atom stereocenters. The lowest BCUT2D eigenvalue weighted by Crippen LogP contribution is -2.42. The number of fused-ring (bicyclic) bond motifs is 1. The Morgan fingerprint density at radius 3 is 3.06 bits per heavy atom. The van der Waals surface area contributed by atoms with Gasteiger partial charge >= 0.3 is 5.97 Å². The summed E-state index contributed by atoms with van der Waals surface area (Å²) >= 11 is 0. The lowest BCUT2D eigenvalue weighted by molar-refractivity contribution is -0.164. The van der Waals surface area contributed by atoms with Gasteiger partial charge < -0.3 is 14.8 Å². The average molecular weight is 241 g/mol. The molecular formula is C13H23NO3. The molecule has 0 spiro atoms. The summed E-state index contributed by atoms with van der Waals surface area (Å²) in [5.41, 5.74) is 0. The van der Waals surface area contributed by atoms with Crippen LogP contribution in [-0.2, 0) is 14.3 Å². The highest BCUT2D eigenvalue weighted by Crippen LogP contribution is 2.42. The van der Waals surface area contributed by atoms with Gasteiger partial charge in [-0.2, -0.15) is 0 Å². The number of rotatable bonds is 6. The third-order valence-electron chi connectivity index (χ3n) is 3.74. The van der Waals surface area contributed by atoms with Crippen molar-refractivity contribution < 1.29 is 14.3 Å². The molecule has 0 amide bonds. The SMILES string of the molecule is CCCCC(CC)C(=O)OC12CNCCC1O2. The van der Waals surface area contributed by atoms with Crippen LogP contribution in [0.1, 0.15) is 46.0 Å². The Kier molecular flexibility index (Phi) is 4.05. The maximum atomic E-state index is 12.1. The van der Waals surface area contributed by atoms with Gasteiger partial charge in [0.1, 0.15) is 6.10 Å². The van der Waals surface area contributed by atoms with Crippen LogP contribution in [0.3, 0.4) is 0 Å². The van der Waals surface area contributed by atoms with E-state index in [9.17, 15) is 4.79 Å². The first-order chi connectivity index (χ1) is 8.22. The Balaban J connectivity index is 1.83. The minimum absolute atomic E-state index is 0.0381. The van der Waals surface area contributed by atoms with Crippen LogP contribution >= 0.6 is 0 Å². The maximum Gasteiger partial charge on any atom is 0.311 e. The van der Waals surface area contributed by atoms with E-state index in [-0.39, 0.29) is 18.0 Å².